The van der Waals surface area contributed by atoms with Crippen LogP contribution in [0.2, 0.25) is 0 Å². The van der Waals surface area contributed by atoms with Gasteiger partial charge in [0.1, 0.15) is 10.6 Å². The molecule has 0 radical (unpaired) electrons. The van der Waals surface area contributed by atoms with Crippen LogP contribution in [0.4, 0.5) is 10.8 Å². The first-order valence-corrected chi connectivity index (χ1v) is 6.44. The molecule has 0 spiro atoms. The zero-order chi connectivity index (χ0) is 13.8. The summed E-state index contributed by atoms with van der Waals surface area (Å²) in [5.41, 5.74) is 7.07. The van der Waals surface area contributed by atoms with E-state index in [0.717, 1.165) is 23.5 Å². The summed E-state index contributed by atoms with van der Waals surface area (Å²) < 4.78 is 10.4. The number of hydrogen-bond acceptors (Lipinski definition) is 7. The lowest BCUT2D eigenvalue weighted by molar-refractivity contribution is 0.0603. The molecule has 102 valence electrons. The van der Waals surface area contributed by atoms with Crippen molar-refractivity contribution in [3.05, 3.63) is 23.5 Å². The van der Waals surface area contributed by atoms with E-state index in [1.807, 2.05) is 19.4 Å². The van der Waals surface area contributed by atoms with E-state index in [2.05, 4.69) is 19.5 Å². The number of aromatic nitrogens is 3. The second kappa shape index (κ2) is 5.70. The minimum atomic E-state index is -0.477. The number of ether oxygens (including phenoxy) is 1. The van der Waals surface area contributed by atoms with Crippen molar-refractivity contribution in [3.63, 3.8) is 0 Å². The van der Waals surface area contributed by atoms with Gasteiger partial charge in [0.25, 0.3) is 0 Å². The minimum Gasteiger partial charge on any atom is -0.465 e. The lowest BCUT2D eigenvalue weighted by Gasteiger charge is -2.04. The van der Waals surface area contributed by atoms with Crippen molar-refractivity contribution in [2.45, 2.75) is 6.42 Å². The average molecular weight is 281 g/mol. The maximum Gasteiger partial charge on any atom is 0.344 e. The molecule has 19 heavy (non-hydrogen) atoms. The van der Waals surface area contributed by atoms with E-state index in [0.29, 0.717) is 17.1 Å². The molecule has 0 saturated carbocycles. The van der Waals surface area contributed by atoms with Crippen LogP contribution in [0.1, 0.15) is 15.9 Å². The second-order valence-corrected chi connectivity index (χ2v) is 4.74. The molecule has 0 unspecified atom stereocenters. The molecular weight excluding hydrogens is 266 g/mol. The highest BCUT2D eigenvalue weighted by Gasteiger charge is 2.19. The summed E-state index contributed by atoms with van der Waals surface area (Å²) in [6, 6.07) is 0. The first kappa shape index (κ1) is 13.3. The Bertz CT molecular complexity index is 577. The molecule has 0 amide bonds. The molecule has 7 nitrogen and oxygen atoms in total. The molecule has 2 aromatic heterocycles. The summed E-state index contributed by atoms with van der Waals surface area (Å²) in [5, 5.41) is 7.87. The van der Waals surface area contributed by atoms with Crippen molar-refractivity contribution in [2.24, 2.45) is 7.05 Å². The second-order valence-electron chi connectivity index (χ2n) is 3.96. The summed E-state index contributed by atoms with van der Waals surface area (Å²) in [7, 11) is 3.19. The van der Waals surface area contributed by atoms with Gasteiger partial charge in [-0.25, -0.2) is 4.79 Å². The van der Waals surface area contributed by atoms with Gasteiger partial charge in [-0.2, -0.15) is 9.47 Å². The van der Waals surface area contributed by atoms with E-state index in [1.165, 1.54) is 7.11 Å². The lowest BCUT2D eigenvalue weighted by Crippen LogP contribution is -2.10. The predicted octanol–water partition coefficient (Wildman–Crippen LogP) is 0.900. The van der Waals surface area contributed by atoms with Crippen LogP contribution in [-0.2, 0) is 18.2 Å². The van der Waals surface area contributed by atoms with E-state index in [-0.39, 0.29) is 5.82 Å². The zero-order valence-corrected chi connectivity index (χ0v) is 11.5. The van der Waals surface area contributed by atoms with Gasteiger partial charge in [0.15, 0.2) is 5.82 Å². The summed E-state index contributed by atoms with van der Waals surface area (Å²) >= 11 is 1.15. The van der Waals surface area contributed by atoms with E-state index in [9.17, 15) is 4.79 Å². The third kappa shape index (κ3) is 3.02. The van der Waals surface area contributed by atoms with Crippen LogP contribution in [-0.4, -0.2) is 33.8 Å². The van der Waals surface area contributed by atoms with Gasteiger partial charge >= 0.3 is 5.97 Å². The molecular formula is C11H15N5O2S. The largest absolute Gasteiger partial charge is 0.465 e. The Balaban J connectivity index is 1.98. The Kier molecular flexibility index (Phi) is 4.00. The number of methoxy groups -OCH3 is 1. The molecule has 0 aliphatic heterocycles. The Morgan fingerprint density at radius 3 is 3.05 bits per heavy atom. The molecule has 0 aliphatic carbocycles. The van der Waals surface area contributed by atoms with Crippen LogP contribution in [0.25, 0.3) is 0 Å². The predicted molar refractivity (Wildman–Crippen MR) is 73.3 cm³/mol. The monoisotopic (exact) mass is 281 g/mol. The number of rotatable bonds is 5. The van der Waals surface area contributed by atoms with E-state index < -0.39 is 5.97 Å². The van der Waals surface area contributed by atoms with Crippen molar-refractivity contribution in [1.82, 2.24) is 14.2 Å². The Morgan fingerprint density at radius 1 is 1.63 bits per heavy atom. The molecule has 8 heteroatoms. The third-order valence-electron chi connectivity index (χ3n) is 2.57. The van der Waals surface area contributed by atoms with Crippen molar-refractivity contribution < 1.29 is 9.53 Å². The van der Waals surface area contributed by atoms with Gasteiger partial charge in [0, 0.05) is 19.8 Å². The van der Waals surface area contributed by atoms with Gasteiger partial charge in [-0.3, -0.25) is 4.68 Å². The number of nitrogen functional groups attached to an aromatic ring is 1. The molecule has 0 aliphatic rings. The molecule has 2 heterocycles. The van der Waals surface area contributed by atoms with E-state index in [4.69, 9.17) is 5.73 Å². The number of nitrogens with zero attached hydrogens (tertiary/aromatic N) is 3. The SMILES string of the molecule is COC(=O)c1c(N)nsc1NCCc1cnn(C)c1. The van der Waals surface area contributed by atoms with Gasteiger partial charge in [0.05, 0.1) is 13.3 Å². The van der Waals surface area contributed by atoms with Crippen LogP contribution in [0, 0.1) is 0 Å². The molecule has 0 aromatic carbocycles. The smallest absolute Gasteiger partial charge is 0.344 e. The highest BCUT2D eigenvalue weighted by Crippen LogP contribution is 2.27. The number of nitrogens with one attached hydrogen (secondary N) is 1. The molecule has 2 aromatic rings. The molecule has 0 saturated heterocycles. The third-order valence-corrected chi connectivity index (χ3v) is 3.38. The topological polar surface area (TPSA) is 95.1 Å². The fourth-order valence-corrected chi connectivity index (χ4v) is 2.37. The average Bonchev–Trinajstić information content (AvgIpc) is 2.96. The van der Waals surface area contributed by atoms with Crippen LogP contribution in [0.3, 0.4) is 0 Å². The van der Waals surface area contributed by atoms with Crippen LogP contribution in [0.15, 0.2) is 12.4 Å². The van der Waals surface area contributed by atoms with Crippen LogP contribution >= 0.6 is 11.5 Å². The molecule has 2 rings (SSSR count). The normalized spacial score (nSPS) is 10.4. The van der Waals surface area contributed by atoms with Crippen molar-refractivity contribution >= 4 is 28.3 Å². The summed E-state index contributed by atoms with van der Waals surface area (Å²) in [4.78, 5) is 11.6. The number of aryl methyl sites for hydroxylation is 1. The van der Waals surface area contributed by atoms with E-state index >= 15 is 0 Å². The van der Waals surface area contributed by atoms with Crippen LogP contribution < -0.4 is 11.1 Å². The standard InChI is InChI=1S/C11H15N5O2S/c1-16-6-7(5-14-16)3-4-13-10-8(11(17)18-2)9(12)15-19-10/h5-6,13H,3-4H2,1-2H3,(H2,12,15). The fraction of sp³-hybridized carbons (Fsp3) is 0.364. The summed E-state index contributed by atoms with van der Waals surface area (Å²) in [6.45, 7) is 0.664. The summed E-state index contributed by atoms with van der Waals surface area (Å²) in [5.74, 6) is -0.282. The maximum atomic E-state index is 11.6. The highest BCUT2D eigenvalue weighted by atomic mass is 32.1. The quantitative estimate of drug-likeness (QED) is 0.791. The first-order valence-electron chi connectivity index (χ1n) is 5.66. The summed E-state index contributed by atoms with van der Waals surface area (Å²) in [6.07, 6.45) is 4.56. The van der Waals surface area contributed by atoms with Gasteiger partial charge < -0.3 is 15.8 Å². The van der Waals surface area contributed by atoms with Gasteiger partial charge in [-0.05, 0) is 23.5 Å². The first-order chi connectivity index (χ1) is 9.11. The number of carbonyl (C=O) groups is 1. The van der Waals surface area contributed by atoms with Gasteiger partial charge in [0.2, 0.25) is 0 Å². The van der Waals surface area contributed by atoms with Gasteiger partial charge in [-0.1, -0.05) is 0 Å². The lowest BCUT2D eigenvalue weighted by atomic mass is 10.2. The molecule has 0 fully saturated rings. The number of anilines is 2. The number of nitrogens with two attached hydrogens (primary N) is 1. The molecule has 0 atom stereocenters. The van der Waals surface area contributed by atoms with Crippen molar-refractivity contribution in [1.29, 1.82) is 0 Å². The zero-order valence-electron chi connectivity index (χ0n) is 10.7. The number of esters is 1. The minimum absolute atomic E-state index is 0.195. The van der Waals surface area contributed by atoms with Crippen molar-refractivity contribution in [2.75, 3.05) is 24.7 Å². The Morgan fingerprint density at radius 2 is 2.42 bits per heavy atom. The molecule has 0 bridgehead atoms. The Labute approximate surface area is 114 Å². The Hall–Kier alpha value is -2.09. The number of hydrogen-bond donors (Lipinski definition) is 2. The number of carbonyl (C=O) groups excluding carboxylic acids is 1. The van der Waals surface area contributed by atoms with Crippen molar-refractivity contribution in [3.8, 4) is 0 Å². The maximum absolute atomic E-state index is 11.6. The highest BCUT2D eigenvalue weighted by molar-refractivity contribution is 7.11. The molecule has 3 N–H and O–H groups in total. The van der Waals surface area contributed by atoms with E-state index in [1.54, 1.807) is 4.68 Å². The fourth-order valence-electron chi connectivity index (χ4n) is 1.64. The van der Waals surface area contributed by atoms with Crippen LogP contribution in [0.5, 0.6) is 0 Å². The van der Waals surface area contributed by atoms with Gasteiger partial charge in [-0.15, -0.1) is 0 Å².